The summed E-state index contributed by atoms with van der Waals surface area (Å²) in [7, 11) is 0. The first kappa shape index (κ1) is 17.0. The van der Waals surface area contributed by atoms with Crippen LogP contribution in [-0.2, 0) is 0 Å². The van der Waals surface area contributed by atoms with E-state index < -0.39 is 5.63 Å². The molecular formula is C19H18N2O3S. The standard InChI is InChI=1S/C19H18N2O3S/c1-3-23-15-10-9-14-12(2)11-16(22)24-18(14)17(15)21-19(25)20-13-7-5-4-6-8-13/h4-11H,3H2,1-2H3,(H2,20,21,25). The predicted molar refractivity (Wildman–Crippen MR) is 105 cm³/mol. The van der Waals surface area contributed by atoms with Gasteiger partial charge in [-0.05, 0) is 55.9 Å². The molecule has 2 N–H and O–H groups in total. The summed E-state index contributed by atoms with van der Waals surface area (Å²) in [5, 5.41) is 7.41. The zero-order valence-corrected chi connectivity index (χ0v) is 14.8. The van der Waals surface area contributed by atoms with Crippen LogP contribution in [0.1, 0.15) is 12.5 Å². The second-order valence-corrected chi connectivity index (χ2v) is 5.85. The summed E-state index contributed by atoms with van der Waals surface area (Å²) in [6, 6.07) is 14.7. The molecule has 0 bridgehead atoms. The summed E-state index contributed by atoms with van der Waals surface area (Å²) in [5.41, 5.74) is 2.24. The number of ether oxygens (including phenoxy) is 1. The second kappa shape index (κ2) is 7.36. The maximum atomic E-state index is 11.8. The van der Waals surface area contributed by atoms with Crippen molar-refractivity contribution < 1.29 is 9.15 Å². The first-order valence-corrected chi connectivity index (χ1v) is 8.32. The first-order chi connectivity index (χ1) is 12.1. The van der Waals surface area contributed by atoms with Crippen LogP contribution in [0.2, 0.25) is 0 Å². The van der Waals surface area contributed by atoms with Crippen LogP contribution in [0.4, 0.5) is 11.4 Å². The van der Waals surface area contributed by atoms with Gasteiger partial charge in [-0.2, -0.15) is 0 Å². The molecule has 1 aromatic heterocycles. The maximum absolute atomic E-state index is 11.8. The van der Waals surface area contributed by atoms with Gasteiger partial charge in [0.2, 0.25) is 0 Å². The lowest BCUT2D eigenvalue weighted by Crippen LogP contribution is -2.20. The number of thiocarbonyl (C=S) groups is 1. The first-order valence-electron chi connectivity index (χ1n) is 7.92. The minimum Gasteiger partial charge on any atom is -0.492 e. The number of para-hydroxylation sites is 1. The van der Waals surface area contributed by atoms with E-state index in [0.717, 1.165) is 16.6 Å². The Balaban J connectivity index is 2.01. The molecular weight excluding hydrogens is 336 g/mol. The molecule has 0 aliphatic carbocycles. The number of nitrogens with one attached hydrogen (secondary N) is 2. The fraction of sp³-hybridized carbons (Fsp3) is 0.158. The van der Waals surface area contributed by atoms with Crippen molar-refractivity contribution in [2.75, 3.05) is 17.2 Å². The Kier molecular flexibility index (Phi) is 5.00. The van der Waals surface area contributed by atoms with Crippen molar-refractivity contribution >= 4 is 39.7 Å². The average Bonchev–Trinajstić information content (AvgIpc) is 2.58. The molecule has 0 aliphatic rings. The highest BCUT2D eigenvalue weighted by Crippen LogP contribution is 2.34. The molecule has 0 radical (unpaired) electrons. The van der Waals surface area contributed by atoms with Gasteiger partial charge in [-0.25, -0.2) is 4.79 Å². The number of aryl methyl sites for hydroxylation is 1. The fourth-order valence-electron chi connectivity index (χ4n) is 2.56. The van der Waals surface area contributed by atoms with Gasteiger partial charge in [0.15, 0.2) is 10.7 Å². The maximum Gasteiger partial charge on any atom is 0.336 e. The van der Waals surface area contributed by atoms with Gasteiger partial charge >= 0.3 is 5.63 Å². The summed E-state index contributed by atoms with van der Waals surface area (Å²) >= 11 is 5.39. The summed E-state index contributed by atoms with van der Waals surface area (Å²) in [5.74, 6) is 0.570. The third-order valence-corrected chi connectivity index (χ3v) is 3.86. The zero-order valence-electron chi connectivity index (χ0n) is 14.0. The van der Waals surface area contributed by atoms with Crippen molar-refractivity contribution in [2.45, 2.75) is 13.8 Å². The Morgan fingerprint density at radius 1 is 1.16 bits per heavy atom. The normalized spacial score (nSPS) is 10.5. The minimum atomic E-state index is -0.413. The number of fused-ring (bicyclic) bond motifs is 1. The molecule has 3 rings (SSSR count). The summed E-state index contributed by atoms with van der Waals surface area (Å²) in [4.78, 5) is 11.8. The molecule has 128 valence electrons. The predicted octanol–water partition coefficient (Wildman–Crippen LogP) is 4.31. The Bertz CT molecular complexity index is 968. The zero-order chi connectivity index (χ0) is 17.8. The molecule has 0 spiro atoms. The quantitative estimate of drug-likeness (QED) is 0.538. The lowest BCUT2D eigenvalue weighted by Gasteiger charge is -2.16. The molecule has 1 heterocycles. The number of hydrogen-bond acceptors (Lipinski definition) is 4. The van der Waals surface area contributed by atoms with Crippen molar-refractivity contribution in [3.63, 3.8) is 0 Å². The second-order valence-electron chi connectivity index (χ2n) is 5.44. The molecule has 2 aromatic carbocycles. The molecule has 3 aromatic rings. The highest BCUT2D eigenvalue weighted by molar-refractivity contribution is 7.80. The monoisotopic (exact) mass is 354 g/mol. The molecule has 0 fully saturated rings. The summed E-state index contributed by atoms with van der Waals surface area (Å²) in [6.45, 7) is 4.24. The van der Waals surface area contributed by atoms with Crippen LogP contribution in [0, 0.1) is 6.92 Å². The van der Waals surface area contributed by atoms with E-state index in [-0.39, 0.29) is 0 Å². The van der Waals surface area contributed by atoms with Gasteiger partial charge < -0.3 is 19.8 Å². The molecule has 0 saturated carbocycles. The van der Waals surface area contributed by atoms with Crippen LogP contribution < -0.4 is 21.0 Å². The van der Waals surface area contributed by atoms with Crippen LogP contribution >= 0.6 is 12.2 Å². The Labute approximate surface area is 150 Å². The van der Waals surface area contributed by atoms with Crippen LogP contribution in [0.3, 0.4) is 0 Å². The lowest BCUT2D eigenvalue weighted by atomic mass is 10.1. The highest BCUT2D eigenvalue weighted by atomic mass is 32.1. The van der Waals surface area contributed by atoms with Gasteiger partial charge in [-0.15, -0.1) is 0 Å². The molecule has 6 heteroatoms. The van der Waals surface area contributed by atoms with E-state index in [0.29, 0.717) is 28.7 Å². The van der Waals surface area contributed by atoms with Crippen LogP contribution in [0.15, 0.2) is 57.7 Å². The van der Waals surface area contributed by atoms with Crippen LogP contribution in [-0.4, -0.2) is 11.7 Å². The van der Waals surface area contributed by atoms with Gasteiger partial charge in [-0.3, -0.25) is 0 Å². The Hall–Kier alpha value is -2.86. The van der Waals surface area contributed by atoms with Gasteiger partial charge in [-0.1, -0.05) is 18.2 Å². The van der Waals surface area contributed by atoms with E-state index >= 15 is 0 Å². The van der Waals surface area contributed by atoms with E-state index in [1.165, 1.54) is 6.07 Å². The van der Waals surface area contributed by atoms with Crippen molar-refractivity contribution in [1.29, 1.82) is 0 Å². The smallest absolute Gasteiger partial charge is 0.336 e. The van der Waals surface area contributed by atoms with Gasteiger partial charge in [0, 0.05) is 17.1 Å². The molecule has 5 nitrogen and oxygen atoms in total. The van der Waals surface area contributed by atoms with Crippen LogP contribution in [0.25, 0.3) is 11.0 Å². The van der Waals surface area contributed by atoms with Crippen molar-refractivity contribution in [1.82, 2.24) is 0 Å². The number of benzene rings is 2. The molecule has 25 heavy (non-hydrogen) atoms. The lowest BCUT2D eigenvalue weighted by molar-refractivity contribution is 0.342. The topological polar surface area (TPSA) is 63.5 Å². The number of rotatable bonds is 4. The van der Waals surface area contributed by atoms with Gasteiger partial charge in [0.05, 0.1) is 6.61 Å². The molecule has 0 atom stereocenters. The number of anilines is 2. The average molecular weight is 354 g/mol. The van der Waals surface area contributed by atoms with Gasteiger partial charge in [0.1, 0.15) is 11.4 Å². The van der Waals surface area contributed by atoms with Crippen molar-refractivity contribution in [3.05, 3.63) is 64.5 Å². The van der Waals surface area contributed by atoms with Crippen molar-refractivity contribution in [3.8, 4) is 5.75 Å². The molecule has 0 unspecified atom stereocenters. The van der Waals surface area contributed by atoms with E-state index in [9.17, 15) is 4.79 Å². The SMILES string of the molecule is CCOc1ccc2c(C)cc(=O)oc2c1NC(=S)Nc1ccccc1. The largest absolute Gasteiger partial charge is 0.492 e. The molecule has 0 aliphatic heterocycles. The molecule has 0 amide bonds. The highest BCUT2D eigenvalue weighted by Gasteiger charge is 2.15. The van der Waals surface area contributed by atoms with Gasteiger partial charge in [0.25, 0.3) is 0 Å². The molecule has 0 saturated heterocycles. The number of hydrogen-bond donors (Lipinski definition) is 2. The Morgan fingerprint density at radius 2 is 1.92 bits per heavy atom. The fourth-order valence-corrected chi connectivity index (χ4v) is 2.78. The van der Waals surface area contributed by atoms with E-state index in [4.69, 9.17) is 21.4 Å². The third-order valence-electron chi connectivity index (χ3n) is 3.65. The van der Waals surface area contributed by atoms with Crippen LogP contribution in [0.5, 0.6) is 5.75 Å². The third kappa shape index (κ3) is 3.80. The van der Waals surface area contributed by atoms with E-state index in [1.54, 1.807) is 0 Å². The minimum absolute atomic E-state index is 0.379. The van der Waals surface area contributed by atoms with E-state index in [1.807, 2.05) is 56.3 Å². The Morgan fingerprint density at radius 3 is 2.64 bits per heavy atom. The summed E-state index contributed by atoms with van der Waals surface area (Å²) < 4.78 is 11.1. The van der Waals surface area contributed by atoms with Crippen molar-refractivity contribution in [2.24, 2.45) is 0 Å². The summed E-state index contributed by atoms with van der Waals surface area (Å²) in [6.07, 6.45) is 0. The van der Waals surface area contributed by atoms with E-state index in [2.05, 4.69) is 10.6 Å².